The SMILES string of the molecule is CC(C)c1nc(N)sc1I. The maximum absolute atomic E-state index is 5.52. The summed E-state index contributed by atoms with van der Waals surface area (Å²) in [6.07, 6.45) is 0. The van der Waals surface area contributed by atoms with Gasteiger partial charge < -0.3 is 5.73 Å². The lowest BCUT2D eigenvalue weighted by molar-refractivity contribution is 0.829. The van der Waals surface area contributed by atoms with Gasteiger partial charge in [0.05, 0.1) is 8.58 Å². The van der Waals surface area contributed by atoms with Crippen LogP contribution >= 0.6 is 33.9 Å². The maximum Gasteiger partial charge on any atom is 0.181 e. The standard InChI is InChI=1S/C6H9IN2S/c1-3(2)4-5(7)10-6(8)9-4/h3H,1-2H3,(H2,8,9). The predicted octanol–water partition coefficient (Wildman–Crippen LogP) is 2.45. The van der Waals surface area contributed by atoms with Crippen LogP contribution in [-0.2, 0) is 0 Å². The summed E-state index contributed by atoms with van der Waals surface area (Å²) in [5.41, 5.74) is 6.65. The van der Waals surface area contributed by atoms with Crippen LogP contribution in [-0.4, -0.2) is 4.98 Å². The van der Waals surface area contributed by atoms with Gasteiger partial charge in [0.2, 0.25) is 0 Å². The molecule has 10 heavy (non-hydrogen) atoms. The summed E-state index contributed by atoms with van der Waals surface area (Å²) in [5, 5.41) is 0.674. The fourth-order valence-corrected chi connectivity index (χ4v) is 2.82. The molecule has 1 aromatic rings. The highest BCUT2D eigenvalue weighted by Crippen LogP contribution is 2.27. The minimum atomic E-state index is 0.487. The van der Waals surface area contributed by atoms with Gasteiger partial charge in [-0.3, -0.25) is 0 Å². The second-order valence-electron chi connectivity index (χ2n) is 2.37. The third-order valence-corrected chi connectivity index (χ3v) is 3.08. The second-order valence-corrected chi connectivity index (χ2v) is 5.21. The van der Waals surface area contributed by atoms with Crippen molar-refractivity contribution in [2.24, 2.45) is 0 Å². The van der Waals surface area contributed by atoms with E-state index in [1.165, 1.54) is 2.88 Å². The first-order valence-corrected chi connectivity index (χ1v) is 4.92. The first-order valence-electron chi connectivity index (χ1n) is 3.03. The number of nitrogens with two attached hydrogens (primary N) is 1. The smallest absolute Gasteiger partial charge is 0.181 e. The molecule has 0 aliphatic rings. The van der Waals surface area contributed by atoms with Crippen LogP contribution in [0.5, 0.6) is 0 Å². The average Bonchev–Trinajstić information content (AvgIpc) is 2.10. The molecular formula is C6H9IN2S. The molecule has 0 bridgehead atoms. The lowest BCUT2D eigenvalue weighted by Crippen LogP contribution is -1.90. The van der Waals surface area contributed by atoms with Crippen LogP contribution in [0.1, 0.15) is 25.5 Å². The van der Waals surface area contributed by atoms with Gasteiger partial charge in [-0.25, -0.2) is 4.98 Å². The van der Waals surface area contributed by atoms with Crippen molar-refractivity contribution in [1.29, 1.82) is 0 Å². The minimum absolute atomic E-state index is 0.487. The van der Waals surface area contributed by atoms with E-state index in [1.807, 2.05) is 0 Å². The molecule has 4 heteroatoms. The van der Waals surface area contributed by atoms with Gasteiger partial charge in [0.1, 0.15) is 0 Å². The second kappa shape index (κ2) is 3.04. The molecule has 0 radical (unpaired) electrons. The highest BCUT2D eigenvalue weighted by atomic mass is 127. The molecule has 1 rings (SSSR count). The molecule has 0 aromatic carbocycles. The van der Waals surface area contributed by atoms with Crippen molar-refractivity contribution >= 4 is 39.1 Å². The number of thiazole rings is 1. The Morgan fingerprint density at radius 1 is 1.60 bits per heavy atom. The Labute approximate surface area is 78.0 Å². The van der Waals surface area contributed by atoms with E-state index in [-0.39, 0.29) is 0 Å². The van der Waals surface area contributed by atoms with E-state index in [9.17, 15) is 0 Å². The summed E-state index contributed by atoms with van der Waals surface area (Å²) in [5.74, 6) is 0.487. The Hall–Kier alpha value is 0.160. The quantitative estimate of drug-likeness (QED) is 0.794. The van der Waals surface area contributed by atoms with Crippen LogP contribution in [0.15, 0.2) is 0 Å². The van der Waals surface area contributed by atoms with E-state index in [2.05, 4.69) is 41.4 Å². The monoisotopic (exact) mass is 268 g/mol. The number of hydrogen-bond acceptors (Lipinski definition) is 3. The largest absolute Gasteiger partial charge is 0.375 e. The van der Waals surface area contributed by atoms with Crippen molar-refractivity contribution in [3.05, 3.63) is 8.58 Å². The molecule has 56 valence electrons. The van der Waals surface area contributed by atoms with Crippen LogP contribution in [0.25, 0.3) is 0 Å². The molecule has 0 aliphatic heterocycles. The molecule has 0 fully saturated rings. The summed E-state index contributed by atoms with van der Waals surface area (Å²) in [6, 6.07) is 0. The van der Waals surface area contributed by atoms with Crippen molar-refractivity contribution in [3.63, 3.8) is 0 Å². The number of halogens is 1. The highest BCUT2D eigenvalue weighted by Gasteiger charge is 2.09. The van der Waals surface area contributed by atoms with Gasteiger partial charge in [-0.1, -0.05) is 25.2 Å². The number of aromatic nitrogens is 1. The Balaban J connectivity index is 3.03. The molecule has 0 amide bonds. The summed E-state index contributed by atoms with van der Waals surface area (Å²) < 4.78 is 1.21. The molecule has 0 unspecified atom stereocenters. The Bertz CT molecular complexity index is 232. The van der Waals surface area contributed by atoms with Crippen molar-refractivity contribution in [1.82, 2.24) is 4.98 Å². The van der Waals surface area contributed by atoms with Crippen LogP contribution in [0.3, 0.4) is 0 Å². The molecule has 0 spiro atoms. The van der Waals surface area contributed by atoms with E-state index in [0.29, 0.717) is 11.0 Å². The lowest BCUT2D eigenvalue weighted by atomic mass is 10.2. The van der Waals surface area contributed by atoms with Gasteiger partial charge >= 0.3 is 0 Å². The van der Waals surface area contributed by atoms with Gasteiger partial charge in [0.25, 0.3) is 0 Å². The Morgan fingerprint density at radius 3 is 2.40 bits per heavy atom. The third kappa shape index (κ3) is 1.60. The average molecular weight is 268 g/mol. The molecule has 1 heterocycles. The van der Waals surface area contributed by atoms with Crippen molar-refractivity contribution < 1.29 is 0 Å². The van der Waals surface area contributed by atoms with E-state index < -0.39 is 0 Å². The van der Waals surface area contributed by atoms with E-state index in [4.69, 9.17) is 5.73 Å². The molecule has 0 saturated heterocycles. The number of nitrogen functional groups attached to an aromatic ring is 1. The van der Waals surface area contributed by atoms with Gasteiger partial charge in [-0.15, -0.1) is 0 Å². The molecule has 2 nitrogen and oxygen atoms in total. The molecule has 2 N–H and O–H groups in total. The molecule has 0 saturated carbocycles. The number of rotatable bonds is 1. The topological polar surface area (TPSA) is 38.9 Å². The fourth-order valence-electron chi connectivity index (χ4n) is 0.686. The van der Waals surface area contributed by atoms with E-state index in [1.54, 1.807) is 11.3 Å². The summed E-state index contributed by atoms with van der Waals surface area (Å²) in [6.45, 7) is 4.24. The number of hydrogen-bond donors (Lipinski definition) is 1. The zero-order chi connectivity index (χ0) is 7.72. The number of nitrogens with zero attached hydrogens (tertiary/aromatic N) is 1. The Kier molecular flexibility index (Phi) is 2.51. The zero-order valence-electron chi connectivity index (χ0n) is 5.89. The summed E-state index contributed by atoms with van der Waals surface area (Å²) in [4.78, 5) is 4.20. The first-order chi connectivity index (χ1) is 4.61. The third-order valence-electron chi connectivity index (χ3n) is 1.17. The highest BCUT2D eigenvalue weighted by molar-refractivity contribution is 14.1. The minimum Gasteiger partial charge on any atom is -0.375 e. The van der Waals surface area contributed by atoms with E-state index in [0.717, 1.165) is 5.69 Å². The molecule has 0 atom stereocenters. The number of anilines is 1. The first kappa shape index (κ1) is 8.26. The normalized spacial score (nSPS) is 10.8. The predicted molar refractivity (Wildman–Crippen MR) is 53.3 cm³/mol. The maximum atomic E-state index is 5.52. The zero-order valence-corrected chi connectivity index (χ0v) is 8.86. The lowest BCUT2D eigenvalue weighted by Gasteiger charge is -1.97. The van der Waals surface area contributed by atoms with Crippen LogP contribution in [0, 0.1) is 2.88 Å². The fraction of sp³-hybridized carbons (Fsp3) is 0.500. The summed E-state index contributed by atoms with van der Waals surface area (Å²) in [7, 11) is 0. The van der Waals surface area contributed by atoms with Crippen LogP contribution in [0.4, 0.5) is 5.13 Å². The van der Waals surface area contributed by atoms with Crippen molar-refractivity contribution in [3.8, 4) is 0 Å². The molecule has 0 aliphatic carbocycles. The van der Waals surface area contributed by atoms with E-state index >= 15 is 0 Å². The van der Waals surface area contributed by atoms with Crippen molar-refractivity contribution in [2.75, 3.05) is 5.73 Å². The van der Waals surface area contributed by atoms with Gasteiger partial charge in [0.15, 0.2) is 5.13 Å². The van der Waals surface area contributed by atoms with Crippen LogP contribution in [0.2, 0.25) is 0 Å². The van der Waals surface area contributed by atoms with Gasteiger partial charge in [0, 0.05) is 0 Å². The van der Waals surface area contributed by atoms with Gasteiger partial charge in [-0.2, -0.15) is 0 Å². The van der Waals surface area contributed by atoms with Crippen LogP contribution < -0.4 is 5.73 Å². The Morgan fingerprint density at radius 2 is 2.20 bits per heavy atom. The van der Waals surface area contributed by atoms with Crippen molar-refractivity contribution in [2.45, 2.75) is 19.8 Å². The molecular weight excluding hydrogens is 259 g/mol. The van der Waals surface area contributed by atoms with Gasteiger partial charge in [-0.05, 0) is 28.5 Å². The summed E-state index contributed by atoms with van der Waals surface area (Å²) >= 11 is 3.82. The molecule has 1 aromatic heterocycles.